The Morgan fingerprint density at radius 3 is 2.76 bits per heavy atom. The zero-order valence-corrected chi connectivity index (χ0v) is 23.8. The Morgan fingerprint density at radius 1 is 1.21 bits per heavy atom. The SMILES string of the molecule is CCCS(=O)(=O)Nc1ccc(F)c(C(=O)Nc2cnc3n[nH]c(-c4cccc(OCC5COC(C)(C)O5)c4)c3c2)c1F. The van der Waals surface area contributed by atoms with Crippen LogP contribution in [0.1, 0.15) is 37.6 Å². The van der Waals surface area contributed by atoms with Gasteiger partial charge in [0.25, 0.3) is 5.91 Å². The summed E-state index contributed by atoms with van der Waals surface area (Å²) in [6, 6.07) is 10.5. The minimum Gasteiger partial charge on any atom is -0.491 e. The van der Waals surface area contributed by atoms with E-state index < -0.39 is 44.6 Å². The molecule has 0 saturated carbocycles. The smallest absolute Gasteiger partial charge is 0.261 e. The van der Waals surface area contributed by atoms with Crippen LogP contribution < -0.4 is 14.8 Å². The highest BCUT2D eigenvalue weighted by Gasteiger charge is 2.33. The molecule has 1 unspecified atom stereocenters. The number of aromatic nitrogens is 3. The second kappa shape index (κ2) is 11.6. The molecule has 14 heteroatoms. The van der Waals surface area contributed by atoms with Gasteiger partial charge >= 0.3 is 0 Å². The van der Waals surface area contributed by atoms with Gasteiger partial charge in [0, 0.05) is 10.9 Å². The maximum atomic E-state index is 15.1. The first kappa shape index (κ1) is 29.4. The minimum absolute atomic E-state index is 0.138. The van der Waals surface area contributed by atoms with Crippen molar-refractivity contribution in [2.24, 2.45) is 0 Å². The molecule has 1 amide bonds. The molecule has 2 aromatic heterocycles. The summed E-state index contributed by atoms with van der Waals surface area (Å²) >= 11 is 0. The molecule has 3 heterocycles. The van der Waals surface area contributed by atoms with E-state index >= 15 is 4.39 Å². The van der Waals surface area contributed by atoms with Gasteiger partial charge in [-0.05, 0) is 50.6 Å². The third-order valence-corrected chi connectivity index (χ3v) is 7.83. The molecule has 0 bridgehead atoms. The Morgan fingerprint density at radius 2 is 2.02 bits per heavy atom. The first-order valence-corrected chi connectivity index (χ1v) is 14.8. The summed E-state index contributed by atoms with van der Waals surface area (Å²) in [5.41, 5.74) is 0.304. The molecule has 1 aliphatic rings. The zero-order valence-electron chi connectivity index (χ0n) is 23.0. The number of rotatable bonds is 10. The molecule has 0 aliphatic carbocycles. The summed E-state index contributed by atoms with van der Waals surface area (Å²) in [6.07, 6.45) is 1.37. The number of amides is 1. The normalized spacial score (nSPS) is 16.5. The number of benzene rings is 2. The Hall–Kier alpha value is -4.14. The average Bonchev–Trinajstić information content (AvgIpc) is 3.51. The van der Waals surface area contributed by atoms with Gasteiger partial charge in [-0.15, -0.1) is 0 Å². The van der Waals surface area contributed by atoms with E-state index in [-0.39, 0.29) is 24.0 Å². The number of hydrogen-bond donors (Lipinski definition) is 3. The minimum atomic E-state index is -3.87. The van der Waals surface area contributed by atoms with Gasteiger partial charge in [-0.2, -0.15) is 5.10 Å². The van der Waals surface area contributed by atoms with Crippen LogP contribution in [-0.2, 0) is 19.5 Å². The maximum absolute atomic E-state index is 15.1. The summed E-state index contributed by atoms with van der Waals surface area (Å²) in [7, 11) is -3.87. The first-order chi connectivity index (χ1) is 19.9. The molecule has 3 N–H and O–H groups in total. The number of pyridine rings is 1. The van der Waals surface area contributed by atoms with Crippen molar-refractivity contribution in [1.82, 2.24) is 15.2 Å². The molecule has 2 aromatic carbocycles. The lowest BCUT2D eigenvalue weighted by atomic mass is 10.1. The number of nitrogens with one attached hydrogen (secondary N) is 3. The van der Waals surface area contributed by atoms with E-state index in [0.717, 1.165) is 12.1 Å². The van der Waals surface area contributed by atoms with Crippen LogP contribution >= 0.6 is 0 Å². The van der Waals surface area contributed by atoms with Gasteiger partial charge in [0.05, 0.1) is 35.6 Å². The highest BCUT2D eigenvalue weighted by Crippen LogP contribution is 2.31. The fourth-order valence-corrected chi connectivity index (χ4v) is 5.62. The first-order valence-electron chi connectivity index (χ1n) is 13.1. The predicted molar refractivity (Wildman–Crippen MR) is 152 cm³/mol. The van der Waals surface area contributed by atoms with Crippen molar-refractivity contribution < 1.29 is 36.2 Å². The van der Waals surface area contributed by atoms with Gasteiger partial charge in [-0.3, -0.25) is 14.6 Å². The number of sulfonamides is 1. The van der Waals surface area contributed by atoms with Gasteiger partial charge < -0.3 is 19.5 Å². The molecular formula is C28H29F2N5O6S. The molecule has 42 heavy (non-hydrogen) atoms. The molecule has 0 spiro atoms. The monoisotopic (exact) mass is 601 g/mol. The zero-order chi connectivity index (χ0) is 30.1. The van der Waals surface area contributed by atoms with E-state index in [2.05, 4.69) is 25.2 Å². The van der Waals surface area contributed by atoms with Crippen molar-refractivity contribution in [2.45, 2.75) is 39.1 Å². The second-order valence-electron chi connectivity index (χ2n) is 10.1. The van der Waals surface area contributed by atoms with Crippen LogP contribution in [0.3, 0.4) is 0 Å². The highest BCUT2D eigenvalue weighted by atomic mass is 32.2. The summed E-state index contributed by atoms with van der Waals surface area (Å²) in [5, 5.41) is 10.1. The maximum Gasteiger partial charge on any atom is 0.261 e. The fraction of sp³-hybridized carbons (Fsp3) is 0.321. The Balaban J connectivity index is 1.36. The van der Waals surface area contributed by atoms with E-state index in [0.29, 0.717) is 41.3 Å². The number of anilines is 2. The average molecular weight is 602 g/mol. The third-order valence-electron chi connectivity index (χ3n) is 6.35. The van der Waals surface area contributed by atoms with Gasteiger partial charge in [-0.25, -0.2) is 22.2 Å². The van der Waals surface area contributed by atoms with Crippen molar-refractivity contribution in [2.75, 3.05) is 29.0 Å². The highest BCUT2D eigenvalue weighted by molar-refractivity contribution is 7.92. The number of fused-ring (bicyclic) bond motifs is 1. The van der Waals surface area contributed by atoms with Crippen molar-refractivity contribution in [1.29, 1.82) is 0 Å². The largest absolute Gasteiger partial charge is 0.491 e. The van der Waals surface area contributed by atoms with Crippen LogP contribution in [0.2, 0.25) is 0 Å². The van der Waals surface area contributed by atoms with Crippen molar-refractivity contribution in [3.63, 3.8) is 0 Å². The summed E-state index contributed by atoms with van der Waals surface area (Å²) in [5.74, 6) is -3.94. The molecule has 4 aromatic rings. The lowest BCUT2D eigenvalue weighted by Gasteiger charge is -2.17. The van der Waals surface area contributed by atoms with E-state index in [1.165, 1.54) is 6.20 Å². The molecule has 1 atom stereocenters. The van der Waals surface area contributed by atoms with E-state index in [9.17, 15) is 17.6 Å². The number of aromatic amines is 1. The summed E-state index contributed by atoms with van der Waals surface area (Å²) in [6.45, 7) is 6.03. The molecule has 0 radical (unpaired) electrons. The van der Waals surface area contributed by atoms with E-state index in [1.54, 1.807) is 31.2 Å². The lowest BCUT2D eigenvalue weighted by Crippen LogP contribution is -2.25. The van der Waals surface area contributed by atoms with Gasteiger partial charge in [-0.1, -0.05) is 19.1 Å². The Kier molecular flexibility index (Phi) is 8.12. The van der Waals surface area contributed by atoms with Gasteiger partial charge in [0.1, 0.15) is 29.8 Å². The Bertz CT molecular complexity index is 1740. The topological polar surface area (TPSA) is 145 Å². The van der Waals surface area contributed by atoms with Crippen molar-refractivity contribution >= 4 is 38.3 Å². The van der Waals surface area contributed by atoms with Crippen LogP contribution in [0.5, 0.6) is 5.75 Å². The number of carbonyl (C=O) groups excluding carboxylic acids is 1. The quantitative estimate of drug-likeness (QED) is 0.234. The van der Waals surface area contributed by atoms with Gasteiger partial charge in [0.15, 0.2) is 17.3 Å². The molecule has 5 rings (SSSR count). The molecule has 222 valence electrons. The van der Waals surface area contributed by atoms with Crippen LogP contribution in [0.25, 0.3) is 22.3 Å². The fourth-order valence-electron chi connectivity index (χ4n) is 4.48. The van der Waals surface area contributed by atoms with Crippen LogP contribution in [0.15, 0.2) is 48.7 Å². The molecule has 1 fully saturated rings. The number of hydrogen-bond acceptors (Lipinski definition) is 8. The molecule has 1 aliphatic heterocycles. The van der Waals surface area contributed by atoms with E-state index in [4.69, 9.17) is 14.2 Å². The number of ether oxygens (including phenoxy) is 3. The van der Waals surface area contributed by atoms with E-state index in [1.807, 2.05) is 19.9 Å². The van der Waals surface area contributed by atoms with Crippen LogP contribution in [-0.4, -0.2) is 60.4 Å². The lowest BCUT2D eigenvalue weighted by molar-refractivity contribution is -0.141. The van der Waals surface area contributed by atoms with Crippen molar-refractivity contribution in [3.05, 3.63) is 65.9 Å². The molecular weight excluding hydrogens is 572 g/mol. The number of nitrogens with zero attached hydrogens (tertiary/aromatic N) is 2. The van der Waals surface area contributed by atoms with Gasteiger partial charge in [0.2, 0.25) is 10.0 Å². The van der Waals surface area contributed by atoms with Crippen molar-refractivity contribution in [3.8, 4) is 17.0 Å². The summed E-state index contributed by atoms with van der Waals surface area (Å²) < 4.78 is 73.1. The summed E-state index contributed by atoms with van der Waals surface area (Å²) in [4.78, 5) is 17.2. The van der Waals surface area contributed by atoms with Crippen LogP contribution in [0.4, 0.5) is 20.2 Å². The molecule has 11 nitrogen and oxygen atoms in total. The number of halogens is 2. The predicted octanol–water partition coefficient (Wildman–Crippen LogP) is 4.84. The second-order valence-corrected chi connectivity index (χ2v) is 12.0. The van der Waals surface area contributed by atoms with Crippen LogP contribution in [0, 0.1) is 11.6 Å². The molecule has 1 saturated heterocycles. The third kappa shape index (κ3) is 6.50. The number of carbonyl (C=O) groups is 1. The standard InChI is InChI=1S/C28H29F2N5O6S/c1-4-10-42(37,38)35-22-9-8-21(29)23(24(22)30)27(36)32-17-12-20-25(33-34-26(20)31-13-17)16-6-5-7-18(11-16)39-14-19-15-40-28(2,3)41-19/h5-9,11-13,19,35H,4,10,14-15H2,1-3H3,(H,32,36)(H,31,33,34). The Labute approximate surface area is 240 Å². The number of H-pyrrole nitrogens is 1.